The van der Waals surface area contributed by atoms with Gasteiger partial charge in [0.25, 0.3) is 0 Å². The second-order valence-corrected chi connectivity index (χ2v) is 2.07. The van der Waals surface area contributed by atoms with Crippen LogP contribution in [0, 0.1) is 12.3 Å². The molecular formula is C8H8N2O2. The van der Waals surface area contributed by atoms with Crippen LogP contribution in [0.5, 0.6) is 5.88 Å². The lowest BCUT2D eigenvalue weighted by Crippen LogP contribution is -1.99. The van der Waals surface area contributed by atoms with E-state index in [1.807, 2.05) is 0 Å². The normalized spacial score (nSPS) is 11.8. The molecular weight excluding hydrogens is 156 g/mol. The number of aliphatic hydroxyl groups excluding tert-OH is 1. The van der Waals surface area contributed by atoms with E-state index in [9.17, 15) is 0 Å². The molecule has 62 valence electrons. The van der Waals surface area contributed by atoms with E-state index in [4.69, 9.17) is 16.3 Å². The van der Waals surface area contributed by atoms with Crippen molar-refractivity contribution in [2.24, 2.45) is 0 Å². The van der Waals surface area contributed by atoms with E-state index in [0.29, 0.717) is 11.6 Å². The van der Waals surface area contributed by atoms with E-state index >= 15 is 0 Å². The molecule has 0 bridgehead atoms. The van der Waals surface area contributed by atoms with Gasteiger partial charge in [0.1, 0.15) is 5.69 Å². The van der Waals surface area contributed by atoms with E-state index in [1.165, 1.54) is 7.11 Å². The van der Waals surface area contributed by atoms with Gasteiger partial charge in [-0.25, -0.2) is 0 Å². The van der Waals surface area contributed by atoms with Gasteiger partial charge in [-0.05, 0) is 6.07 Å². The molecule has 1 N–H and O–H groups in total. The number of rotatable bonds is 2. The Morgan fingerprint density at radius 3 is 2.75 bits per heavy atom. The standard InChI is InChI=1S/C8H8N2O2/c1-3-7(11)6-4-5-8(12-2)10-9-6/h1,4-5,7,11H,2H3/t7-/m1/s1. The smallest absolute Gasteiger partial charge is 0.233 e. The fourth-order valence-corrected chi connectivity index (χ4v) is 0.670. The molecule has 12 heavy (non-hydrogen) atoms. The largest absolute Gasteiger partial charge is 0.480 e. The highest BCUT2D eigenvalue weighted by molar-refractivity contribution is 5.17. The molecule has 0 aromatic carbocycles. The van der Waals surface area contributed by atoms with Crippen molar-refractivity contribution in [3.63, 3.8) is 0 Å². The number of aliphatic hydroxyl groups is 1. The first-order valence-corrected chi connectivity index (χ1v) is 3.29. The van der Waals surface area contributed by atoms with Crippen LogP contribution in [0.3, 0.4) is 0 Å². The first kappa shape index (κ1) is 8.50. The third-order valence-corrected chi connectivity index (χ3v) is 1.31. The van der Waals surface area contributed by atoms with Gasteiger partial charge in [-0.2, -0.15) is 0 Å². The topological polar surface area (TPSA) is 55.2 Å². The molecule has 0 saturated carbocycles. The molecule has 1 heterocycles. The number of nitrogens with zero attached hydrogens (tertiary/aromatic N) is 2. The van der Waals surface area contributed by atoms with Crippen molar-refractivity contribution in [2.75, 3.05) is 7.11 Å². The number of terminal acetylenes is 1. The van der Waals surface area contributed by atoms with Crippen molar-refractivity contribution in [3.8, 4) is 18.2 Å². The predicted octanol–water partition coefficient (Wildman–Crippen LogP) is 0.152. The molecule has 0 aliphatic rings. The molecule has 0 radical (unpaired) electrons. The highest BCUT2D eigenvalue weighted by atomic mass is 16.5. The molecule has 0 amide bonds. The number of hydrogen-bond donors (Lipinski definition) is 1. The number of aromatic nitrogens is 2. The number of methoxy groups -OCH3 is 1. The summed E-state index contributed by atoms with van der Waals surface area (Å²) >= 11 is 0. The lowest BCUT2D eigenvalue weighted by Gasteiger charge is -2.01. The molecule has 1 aromatic rings. The molecule has 0 unspecified atom stereocenters. The highest BCUT2D eigenvalue weighted by Gasteiger charge is 2.05. The van der Waals surface area contributed by atoms with E-state index in [1.54, 1.807) is 12.1 Å². The van der Waals surface area contributed by atoms with E-state index in [2.05, 4.69) is 16.1 Å². The molecule has 0 saturated heterocycles. The summed E-state index contributed by atoms with van der Waals surface area (Å²) in [6.45, 7) is 0. The van der Waals surface area contributed by atoms with Gasteiger partial charge >= 0.3 is 0 Å². The van der Waals surface area contributed by atoms with Crippen LogP contribution in [-0.4, -0.2) is 22.4 Å². The van der Waals surface area contributed by atoms with Crippen LogP contribution >= 0.6 is 0 Å². The summed E-state index contributed by atoms with van der Waals surface area (Å²) in [6, 6.07) is 3.15. The maximum atomic E-state index is 9.11. The van der Waals surface area contributed by atoms with Crippen LogP contribution in [0.1, 0.15) is 11.8 Å². The Bertz CT molecular complexity index is 289. The van der Waals surface area contributed by atoms with E-state index in [0.717, 1.165) is 0 Å². The minimum absolute atomic E-state index is 0.346. The minimum Gasteiger partial charge on any atom is -0.480 e. The second-order valence-electron chi connectivity index (χ2n) is 2.07. The van der Waals surface area contributed by atoms with Crippen LogP contribution in [0.2, 0.25) is 0 Å². The quantitative estimate of drug-likeness (QED) is 0.632. The SMILES string of the molecule is C#C[C@@H](O)c1ccc(OC)nn1. The minimum atomic E-state index is -0.997. The summed E-state index contributed by atoms with van der Waals surface area (Å²) in [4.78, 5) is 0. The predicted molar refractivity (Wildman–Crippen MR) is 42.4 cm³/mol. The molecule has 0 aliphatic heterocycles. The Labute approximate surface area is 70.2 Å². The zero-order valence-corrected chi connectivity index (χ0v) is 6.56. The van der Waals surface area contributed by atoms with Gasteiger partial charge in [-0.1, -0.05) is 5.92 Å². The van der Waals surface area contributed by atoms with Gasteiger partial charge < -0.3 is 9.84 Å². The Hall–Kier alpha value is -1.60. The number of hydrogen-bond acceptors (Lipinski definition) is 4. The Kier molecular flexibility index (Phi) is 2.62. The van der Waals surface area contributed by atoms with E-state index in [-0.39, 0.29) is 0 Å². The third kappa shape index (κ3) is 1.71. The van der Waals surface area contributed by atoms with Crippen molar-refractivity contribution in [3.05, 3.63) is 17.8 Å². The van der Waals surface area contributed by atoms with Crippen molar-refractivity contribution >= 4 is 0 Å². The molecule has 1 aromatic heterocycles. The molecule has 4 heteroatoms. The summed E-state index contributed by atoms with van der Waals surface area (Å²) < 4.78 is 4.78. The maximum Gasteiger partial charge on any atom is 0.233 e. The molecule has 0 fully saturated rings. The van der Waals surface area contributed by atoms with Crippen LogP contribution in [0.4, 0.5) is 0 Å². The highest BCUT2D eigenvalue weighted by Crippen LogP contribution is 2.09. The Balaban J connectivity index is 2.86. The van der Waals surface area contributed by atoms with E-state index < -0.39 is 6.10 Å². The van der Waals surface area contributed by atoms with Crippen molar-refractivity contribution in [1.82, 2.24) is 10.2 Å². The zero-order valence-electron chi connectivity index (χ0n) is 6.56. The van der Waals surface area contributed by atoms with Gasteiger partial charge in [0, 0.05) is 6.07 Å². The molecule has 1 atom stereocenters. The first-order valence-electron chi connectivity index (χ1n) is 3.29. The molecule has 4 nitrogen and oxygen atoms in total. The lowest BCUT2D eigenvalue weighted by atomic mass is 10.2. The zero-order chi connectivity index (χ0) is 8.97. The van der Waals surface area contributed by atoms with Crippen molar-refractivity contribution in [2.45, 2.75) is 6.10 Å². The van der Waals surface area contributed by atoms with Gasteiger partial charge in [0.15, 0.2) is 6.10 Å². The maximum absolute atomic E-state index is 9.11. The lowest BCUT2D eigenvalue weighted by molar-refractivity contribution is 0.231. The van der Waals surface area contributed by atoms with Gasteiger partial charge in [-0.15, -0.1) is 16.6 Å². The average molecular weight is 164 g/mol. The van der Waals surface area contributed by atoms with Gasteiger partial charge in [-0.3, -0.25) is 0 Å². The summed E-state index contributed by atoms with van der Waals surface area (Å²) in [5, 5.41) is 16.4. The molecule has 0 spiro atoms. The van der Waals surface area contributed by atoms with Crippen LogP contribution in [0.15, 0.2) is 12.1 Å². The monoisotopic (exact) mass is 164 g/mol. The first-order chi connectivity index (χ1) is 5.77. The third-order valence-electron chi connectivity index (χ3n) is 1.31. The van der Waals surface area contributed by atoms with Crippen LogP contribution < -0.4 is 4.74 Å². The summed E-state index contributed by atoms with van der Waals surface area (Å²) in [5.41, 5.74) is 0.346. The fourth-order valence-electron chi connectivity index (χ4n) is 0.670. The summed E-state index contributed by atoms with van der Waals surface area (Å²) in [7, 11) is 1.49. The number of ether oxygens (including phenoxy) is 1. The van der Waals surface area contributed by atoms with Crippen molar-refractivity contribution in [1.29, 1.82) is 0 Å². The molecule has 0 aliphatic carbocycles. The second kappa shape index (κ2) is 3.69. The van der Waals surface area contributed by atoms with Gasteiger partial charge in [0.05, 0.1) is 7.11 Å². The van der Waals surface area contributed by atoms with Crippen LogP contribution in [-0.2, 0) is 0 Å². The summed E-state index contributed by atoms with van der Waals surface area (Å²) in [5.74, 6) is 2.52. The fraction of sp³-hybridized carbons (Fsp3) is 0.250. The molecule has 1 rings (SSSR count). The van der Waals surface area contributed by atoms with Crippen LogP contribution in [0.25, 0.3) is 0 Å². The Morgan fingerprint density at radius 2 is 2.33 bits per heavy atom. The Morgan fingerprint density at radius 1 is 1.58 bits per heavy atom. The van der Waals surface area contributed by atoms with Gasteiger partial charge in [0.2, 0.25) is 5.88 Å². The average Bonchev–Trinajstić information content (AvgIpc) is 2.17. The van der Waals surface area contributed by atoms with Crippen molar-refractivity contribution < 1.29 is 9.84 Å². The summed E-state index contributed by atoms with van der Waals surface area (Å²) in [6.07, 6.45) is 3.98.